The van der Waals surface area contributed by atoms with E-state index >= 15 is 0 Å². The summed E-state index contributed by atoms with van der Waals surface area (Å²) in [5.41, 5.74) is -0.683. The van der Waals surface area contributed by atoms with Crippen LogP contribution < -0.4 is 0 Å². The molecule has 0 aromatic heterocycles. The number of hydrogen-bond donors (Lipinski definition) is 1. The molecule has 0 atom stereocenters. The summed E-state index contributed by atoms with van der Waals surface area (Å²) in [6.45, 7) is -0.491. The molecule has 1 rings (SSSR count). The second-order valence-electron chi connectivity index (χ2n) is 2.58. The zero-order chi connectivity index (χ0) is 10.7. The third-order valence-electron chi connectivity index (χ3n) is 1.67. The topological polar surface area (TPSA) is 46.5 Å². The SMILES string of the molecule is COC(=O)c1c(F)cc(CO)cc1F. The summed E-state index contributed by atoms with van der Waals surface area (Å²) >= 11 is 0. The molecule has 0 aliphatic heterocycles. The smallest absolute Gasteiger partial charge is 0.343 e. The molecule has 0 bridgehead atoms. The van der Waals surface area contributed by atoms with Crippen molar-refractivity contribution in [2.75, 3.05) is 7.11 Å². The van der Waals surface area contributed by atoms with Crippen molar-refractivity contribution in [3.05, 3.63) is 34.9 Å². The van der Waals surface area contributed by atoms with Gasteiger partial charge in [-0.2, -0.15) is 0 Å². The zero-order valence-corrected chi connectivity index (χ0v) is 7.38. The first-order chi connectivity index (χ1) is 6.60. The van der Waals surface area contributed by atoms with E-state index in [0.29, 0.717) is 0 Å². The Labute approximate surface area is 78.9 Å². The minimum absolute atomic E-state index is 0.0626. The lowest BCUT2D eigenvalue weighted by molar-refractivity contribution is 0.0589. The number of aliphatic hydroxyl groups excluding tert-OH is 1. The Morgan fingerprint density at radius 3 is 2.29 bits per heavy atom. The Morgan fingerprint density at radius 1 is 1.43 bits per heavy atom. The Bertz CT molecular complexity index is 340. The maximum absolute atomic E-state index is 13.1. The van der Waals surface area contributed by atoms with Gasteiger partial charge in [-0.25, -0.2) is 13.6 Å². The zero-order valence-electron chi connectivity index (χ0n) is 7.38. The number of halogens is 2. The highest BCUT2D eigenvalue weighted by atomic mass is 19.1. The van der Waals surface area contributed by atoms with Crippen molar-refractivity contribution in [1.29, 1.82) is 0 Å². The average Bonchev–Trinajstić information content (AvgIpc) is 2.16. The van der Waals surface area contributed by atoms with Gasteiger partial charge in [-0.1, -0.05) is 0 Å². The molecule has 0 heterocycles. The van der Waals surface area contributed by atoms with Crippen LogP contribution in [0.25, 0.3) is 0 Å². The van der Waals surface area contributed by atoms with Crippen molar-refractivity contribution in [1.82, 2.24) is 0 Å². The number of aliphatic hydroxyl groups is 1. The van der Waals surface area contributed by atoms with Gasteiger partial charge in [0.25, 0.3) is 0 Å². The van der Waals surface area contributed by atoms with Gasteiger partial charge in [0.05, 0.1) is 13.7 Å². The number of rotatable bonds is 2. The molecule has 3 nitrogen and oxygen atoms in total. The van der Waals surface area contributed by atoms with Gasteiger partial charge in [0.15, 0.2) is 0 Å². The molecule has 0 radical (unpaired) electrons. The lowest BCUT2D eigenvalue weighted by Crippen LogP contribution is -2.08. The third kappa shape index (κ3) is 1.88. The maximum Gasteiger partial charge on any atom is 0.343 e. The summed E-state index contributed by atoms with van der Waals surface area (Å²) in [6.07, 6.45) is 0. The molecule has 0 aliphatic carbocycles. The maximum atomic E-state index is 13.1. The summed E-state index contributed by atoms with van der Waals surface area (Å²) in [5.74, 6) is -3.16. The summed E-state index contributed by atoms with van der Waals surface area (Å²) in [7, 11) is 1.03. The predicted octanol–water partition coefficient (Wildman–Crippen LogP) is 1.24. The quantitative estimate of drug-likeness (QED) is 0.734. The van der Waals surface area contributed by atoms with Crippen molar-refractivity contribution >= 4 is 5.97 Å². The van der Waals surface area contributed by atoms with Crippen LogP contribution in [0.3, 0.4) is 0 Å². The molecule has 5 heteroatoms. The fourth-order valence-electron chi connectivity index (χ4n) is 1.01. The van der Waals surface area contributed by atoms with Crippen LogP contribution in [0.1, 0.15) is 15.9 Å². The Morgan fingerprint density at radius 2 is 1.93 bits per heavy atom. The Kier molecular flexibility index (Phi) is 3.14. The van der Waals surface area contributed by atoms with Gasteiger partial charge in [-0.15, -0.1) is 0 Å². The first-order valence-corrected chi connectivity index (χ1v) is 3.77. The van der Waals surface area contributed by atoms with Crippen molar-refractivity contribution < 1.29 is 23.4 Å². The van der Waals surface area contributed by atoms with Gasteiger partial charge >= 0.3 is 5.97 Å². The highest BCUT2D eigenvalue weighted by Gasteiger charge is 2.18. The number of benzene rings is 1. The number of ether oxygens (including phenoxy) is 1. The van der Waals surface area contributed by atoms with Crippen LogP contribution in [0.4, 0.5) is 8.78 Å². The summed E-state index contributed by atoms with van der Waals surface area (Å²) < 4.78 is 30.4. The summed E-state index contributed by atoms with van der Waals surface area (Å²) in [5, 5.41) is 8.62. The predicted molar refractivity (Wildman–Crippen MR) is 43.6 cm³/mol. The summed E-state index contributed by atoms with van der Waals surface area (Å²) in [6, 6.07) is 1.77. The van der Waals surface area contributed by atoms with Gasteiger partial charge in [-0.05, 0) is 17.7 Å². The molecular formula is C9H8F2O3. The highest BCUT2D eigenvalue weighted by Crippen LogP contribution is 2.16. The number of carbonyl (C=O) groups excluding carboxylic acids is 1. The number of hydrogen-bond acceptors (Lipinski definition) is 3. The lowest BCUT2D eigenvalue weighted by atomic mass is 10.1. The van der Waals surface area contributed by atoms with Crippen LogP contribution in [0, 0.1) is 11.6 Å². The number of esters is 1. The van der Waals surface area contributed by atoms with Crippen LogP contribution in [0.5, 0.6) is 0 Å². The molecule has 0 fully saturated rings. The van der Waals surface area contributed by atoms with Crippen LogP contribution in [-0.2, 0) is 11.3 Å². The van der Waals surface area contributed by atoms with Crippen molar-refractivity contribution in [2.24, 2.45) is 0 Å². The fourth-order valence-corrected chi connectivity index (χ4v) is 1.01. The van der Waals surface area contributed by atoms with Gasteiger partial charge in [0.2, 0.25) is 0 Å². The molecule has 14 heavy (non-hydrogen) atoms. The van der Waals surface area contributed by atoms with E-state index in [-0.39, 0.29) is 5.56 Å². The van der Waals surface area contributed by atoms with Crippen molar-refractivity contribution in [2.45, 2.75) is 6.61 Å². The molecule has 1 N–H and O–H groups in total. The molecule has 0 aliphatic rings. The van der Waals surface area contributed by atoms with Crippen LogP contribution in [0.15, 0.2) is 12.1 Å². The van der Waals surface area contributed by atoms with E-state index in [9.17, 15) is 13.6 Å². The minimum atomic E-state index is -1.08. The van der Waals surface area contributed by atoms with Crippen LogP contribution in [-0.4, -0.2) is 18.2 Å². The monoisotopic (exact) mass is 202 g/mol. The van der Waals surface area contributed by atoms with E-state index in [4.69, 9.17) is 5.11 Å². The molecule has 0 saturated heterocycles. The molecule has 0 spiro atoms. The first kappa shape index (κ1) is 10.6. The second kappa shape index (κ2) is 4.15. The standard InChI is InChI=1S/C9H8F2O3/c1-14-9(13)8-6(10)2-5(4-12)3-7(8)11/h2-3,12H,4H2,1H3. The largest absolute Gasteiger partial charge is 0.465 e. The van der Waals surface area contributed by atoms with Gasteiger partial charge in [-0.3, -0.25) is 0 Å². The molecule has 0 unspecified atom stereocenters. The molecule has 1 aromatic carbocycles. The van der Waals surface area contributed by atoms with E-state index in [2.05, 4.69) is 4.74 Å². The van der Waals surface area contributed by atoms with E-state index in [0.717, 1.165) is 19.2 Å². The van der Waals surface area contributed by atoms with E-state index in [1.807, 2.05) is 0 Å². The normalized spacial score (nSPS) is 10.0. The van der Waals surface area contributed by atoms with E-state index < -0.39 is 29.8 Å². The van der Waals surface area contributed by atoms with Crippen molar-refractivity contribution in [3.8, 4) is 0 Å². The van der Waals surface area contributed by atoms with Gasteiger partial charge in [0.1, 0.15) is 17.2 Å². The Balaban J connectivity index is 3.25. The highest BCUT2D eigenvalue weighted by molar-refractivity contribution is 5.89. The van der Waals surface area contributed by atoms with E-state index in [1.165, 1.54) is 0 Å². The molecular weight excluding hydrogens is 194 g/mol. The third-order valence-corrected chi connectivity index (χ3v) is 1.67. The van der Waals surface area contributed by atoms with Crippen LogP contribution >= 0.6 is 0 Å². The number of carbonyl (C=O) groups is 1. The van der Waals surface area contributed by atoms with Gasteiger partial charge < -0.3 is 9.84 Å². The minimum Gasteiger partial charge on any atom is -0.465 e. The molecule has 76 valence electrons. The second-order valence-corrected chi connectivity index (χ2v) is 2.58. The number of methoxy groups -OCH3 is 1. The molecule has 1 aromatic rings. The van der Waals surface area contributed by atoms with Crippen LogP contribution in [0.2, 0.25) is 0 Å². The average molecular weight is 202 g/mol. The van der Waals surface area contributed by atoms with Crippen molar-refractivity contribution in [3.63, 3.8) is 0 Å². The van der Waals surface area contributed by atoms with Gasteiger partial charge in [0, 0.05) is 0 Å². The molecule has 0 amide bonds. The lowest BCUT2D eigenvalue weighted by Gasteiger charge is -2.04. The summed E-state index contributed by atoms with van der Waals surface area (Å²) in [4.78, 5) is 10.9. The van der Waals surface area contributed by atoms with E-state index in [1.54, 1.807) is 0 Å². The first-order valence-electron chi connectivity index (χ1n) is 3.77. The Hall–Kier alpha value is -1.49. The fraction of sp³-hybridized carbons (Fsp3) is 0.222. The molecule has 0 saturated carbocycles.